The Labute approximate surface area is 162 Å². The van der Waals surface area contributed by atoms with Crippen LogP contribution in [0.15, 0.2) is 42.5 Å². The van der Waals surface area contributed by atoms with E-state index in [4.69, 9.17) is 14.2 Å². The fourth-order valence-electron chi connectivity index (χ4n) is 2.45. The Morgan fingerprint density at radius 2 is 1.75 bits per heavy atom. The van der Waals surface area contributed by atoms with Crippen molar-refractivity contribution < 1.29 is 32.5 Å². The molecule has 0 fully saturated rings. The van der Waals surface area contributed by atoms with Crippen molar-refractivity contribution in [3.8, 4) is 23.0 Å². The fourth-order valence-corrected chi connectivity index (χ4v) is 2.45. The number of carbonyl (C=O) groups is 1. The van der Waals surface area contributed by atoms with Crippen LogP contribution in [0, 0.1) is 0 Å². The second-order valence-corrected chi connectivity index (χ2v) is 5.63. The number of halogens is 2. The number of benzene rings is 2. The average Bonchev–Trinajstić information content (AvgIpc) is 2.68. The first-order valence-electron chi connectivity index (χ1n) is 8.76. The maximum Gasteiger partial charge on any atom is 0.387 e. The molecule has 28 heavy (non-hydrogen) atoms. The Kier molecular flexibility index (Phi) is 8.33. The topological polar surface area (TPSA) is 66.0 Å². The number of rotatable bonds is 11. The Bertz CT molecular complexity index is 770. The van der Waals surface area contributed by atoms with E-state index in [-0.39, 0.29) is 24.0 Å². The van der Waals surface area contributed by atoms with Gasteiger partial charge in [0.25, 0.3) is 5.91 Å². The van der Waals surface area contributed by atoms with Crippen molar-refractivity contribution in [3.63, 3.8) is 0 Å². The molecule has 2 rings (SSSR count). The lowest BCUT2D eigenvalue weighted by Crippen LogP contribution is -2.30. The smallest absolute Gasteiger partial charge is 0.387 e. The lowest BCUT2D eigenvalue weighted by atomic mass is 10.1. The predicted molar refractivity (Wildman–Crippen MR) is 99.4 cm³/mol. The highest BCUT2D eigenvalue weighted by Gasteiger charge is 2.11. The van der Waals surface area contributed by atoms with Gasteiger partial charge in [-0.3, -0.25) is 4.79 Å². The largest absolute Gasteiger partial charge is 0.493 e. The minimum Gasteiger partial charge on any atom is -0.493 e. The van der Waals surface area contributed by atoms with Crippen molar-refractivity contribution in [3.05, 3.63) is 48.0 Å². The summed E-state index contributed by atoms with van der Waals surface area (Å²) in [6.07, 6.45) is 0.493. The zero-order valence-electron chi connectivity index (χ0n) is 15.7. The third kappa shape index (κ3) is 6.61. The molecule has 2 aromatic carbocycles. The molecule has 0 unspecified atom stereocenters. The van der Waals surface area contributed by atoms with E-state index in [2.05, 4.69) is 10.1 Å². The van der Waals surface area contributed by atoms with E-state index in [0.717, 1.165) is 5.56 Å². The monoisotopic (exact) mass is 395 g/mol. The summed E-state index contributed by atoms with van der Waals surface area (Å²) < 4.78 is 45.1. The van der Waals surface area contributed by atoms with Gasteiger partial charge in [0, 0.05) is 6.54 Å². The summed E-state index contributed by atoms with van der Waals surface area (Å²) >= 11 is 0. The van der Waals surface area contributed by atoms with Crippen LogP contribution >= 0.6 is 0 Å². The van der Waals surface area contributed by atoms with Gasteiger partial charge in [0.1, 0.15) is 0 Å². The quantitative estimate of drug-likeness (QED) is 0.632. The van der Waals surface area contributed by atoms with Gasteiger partial charge in [-0.1, -0.05) is 18.2 Å². The minimum absolute atomic E-state index is 0.0355. The zero-order valence-corrected chi connectivity index (χ0v) is 15.7. The summed E-state index contributed by atoms with van der Waals surface area (Å²) in [7, 11) is 1.37. The summed E-state index contributed by atoms with van der Waals surface area (Å²) in [5, 5.41) is 2.74. The SMILES string of the molecule is CCOc1ccccc1OCC(=O)NCCc1ccc(OC(F)F)c(OC)c1. The predicted octanol–water partition coefficient (Wildman–Crippen LogP) is 3.43. The summed E-state index contributed by atoms with van der Waals surface area (Å²) in [5.74, 6) is 0.970. The molecule has 0 saturated heterocycles. The molecule has 0 aliphatic heterocycles. The van der Waals surface area contributed by atoms with Crippen LogP contribution in [-0.2, 0) is 11.2 Å². The maximum atomic E-state index is 12.3. The van der Waals surface area contributed by atoms with Gasteiger partial charge >= 0.3 is 6.61 Å². The molecule has 0 aliphatic carbocycles. The standard InChI is InChI=1S/C20H23F2NO5/c1-3-26-15-6-4-5-7-16(15)27-13-19(24)23-11-10-14-8-9-17(28-20(21)22)18(12-14)25-2/h4-9,12,20H,3,10-11,13H2,1-2H3,(H,23,24). The third-order valence-electron chi connectivity index (χ3n) is 3.69. The second kappa shape index (κ2) is 11.0. The summed E-state index contributed by atoms with van der Waals surface area (Å²) in [5.41, 5.74) is 0.807. The van der Waals surface area contributed by atoms with Gasteiger partial charge in [0.15, 0.2) is 29.6 Å². The van der Waals surface area contributed by atoms with Crippen LogP contribution in [0.25, 0.3) is 0 Å². The molecule has 0 bridgehead atoms. The highest BCUT2D eigenvalue weighted by Crippen LogP contribution is 2.29. The van der Waals surface area contributed by atoms with Gasteiger partial charge < -0.3 is 24.3 Å². The molecule has 0 spiro atoms. The number of amides is 1. The van der Waals surface area contributed by atoms with Crippen molar-refractivity contribution in [1.29, 1.82) is 0 Å². The summed E-state index contributed by atoms with van der Waals surface area (Å²) in [4.78, 5) is 12.0. The van der Waals surface area contributed by atoms with Gasteiger partial charge in [0.05, 0.1) is 13.7 Å². The molecule has 152 valence electrons. The van der Waals surface area contributed by atoms with Crippen molar-refractivity contribution >= 4 is 5.91 Å². The highest BCUT2D eigenvalue weighted by atomic mass is 19.3. The van der Waals surface area contributed by atoms with Crippen molar-refractivity contribution in [2.24, 2.45) is 0 Å². The number of ether oxygens (including phenoxy) is 4. The van der Waals surface area contributed by atoms with Crippen LogP contribution in [0.4, 0.5) is 8.78 Å². The van der Waals surface area contributed by atoms with E-state index in [1.165, 1.54) is 13.2 Å². The van der Waals surface area contributed by atoms with Crippen LogP contribution in [0.5, 0.6) is 23.0 Å². The van der Waals surface area contributed by atoms with Gasteiger partial charge in [-0.2, -0.15) is 8.78 Å². The molecular weight excluding hydrogens is 372 g/mol. The lowest BCUT2D eigenvalue weighted by molar-refractivity contribution is -0.123. The zero-order chi connectivity index (χ0) is 20.4. The molecule has 1 N–H and O–H groups in total. The molecule has 0 aromatic heterocycles. The van der Waals surface area contributed by atoms with Crippen molar-refractivity contribution in [1.82, 2.24) is 5.32 Å². The van der Waals surface area contributed by atoms with Crippen molar-refractivity contribution in [2.75, 3.05) is 26.9 Å². The van der Waals surface area contributed by atoms with E-state index >= 15 is 0 Å². The van der Waals surface area contributed by atoms with Gasteiger partial charge in [0.2, 0.25) is 0 Å². The molecule has 0 aliphatic rings. The van der Waals surface area contributed by atoms with E-state index in [9.17, 15) is 13.6 Å². The molecule has 0 heterocycles. The van der Waals surface area contributed by atoms with Gasteiger partial charge in [-0.05, 0) is 43.2 Å². The van der Waals surface area contributed by atoms with Gasteiger partial charge in [-0.25, -0.2) is 0 Å². The van der Waals surface area contributed by atoms with Crippen LogP contribution < -0.4 is 24.3 Å². The second-order valence-electron chi connectivity index (χ2n) is 5.63. The van der Waals surface area contributed by atoms with E-state index in [1.54, 1.807) is 30.3 Å². The Hall–Kier alpha value is -3.03. The average molecular weight is 395 g/mol. The molecule has 6 nitrogen and oxygen atoms in total. The van der Waals surface area contributed by atoms with Crippen molar-refractivity contribution in [2.45, 2.75) is 20.0 Å². The minimum atomic E-state index is -2.92. The van der Waals surface area contributed by atoms with E-state index < -0.39 is 6.61 Å². The first-order valence-corrected chi connectivity index (χ1v) is 8.76. The molecule has 0 radical (unpaired) electrons. The molecule has 0 saturated carbocycles. The highest BCUT2D eigenvalue weighted by molar-refractivity contribution is 5.77. The molecule has 2 aromatic rings. The Morgan fingerprint density at radius 1 is 1.04 bits per heavy atom. The van der Waals surface area contributed by atoms with Crippen LogP contribution in [0.2, 0.25) is 0 Å². The van der Waals surface area contributed by atoms with Crippen LogP contribution in [0.1, 0.15) is 12.5 Å². The van der Waals surface area contributed by atoms with Crippen LogP contribution in [0.3, 0.4) is 0 Å². The Balaban J connectivity index is 1.81. The molecular formula is C20H23F2NO5. The number of methoxy groups -OCH3 is 1. The molecule has 0 atom stereocenters. The summed E-state index contributed by atoms with van der Waals surface area (Å²) in [6, 6.07) is 11.8. The summed E-state index contributed by atoms with van der Waals surface area (Å²) in [6.45, 7) is -0.351. The lowest BCUT2D eigenvalue weighted by Gasteiger charge is -2.12. The van der Waals surface area contributed by atoms with E-state index in [1.807, 2.05) is 13.0 Å². The number of para-hydroxylation sites is 2. The normalized spacial score (nSPS) is 10.5. The first kappa shape index (κ1) is 21.3. The number of carbonyl (C=O) groups excluding carboxylic acids is 1. The Morgan fingerprint density at radius 3 is 2.39 bits per heavy atom. The first-order chi connectivity index (χ1) is 13.5. The number of hydrogen-bond donors (Lipinski definition) is 1. The third-order valence-corrected chi connectivity index (χ3v) is 3.69. The van der Waals surface area contributed by atoms with Crippen LogP contribution in [-0.4, -0.2) is 39.4 Å². The fraction of sp³-hybridized carbons (Fsp3) is 0.350. The number of nitrogens with one attached hydrogen (secondary N) is 1. The maximum absolute atomic E-state index is 12.3. The molecule has 8 heteroatoms. The van der Waals surface area contributed by atoms with E-state index in [0.29, 0.717) is 31.1 Å². The number of hydrogen-bond acceptors (Lipinski definition) is 5. The number of alkyl halides is 2. The molecule has 1 amide bonds. The van der Waals surface area contributed by atoms with Gasteiger partial charge in [-0.15, -0.1) is 0 Å².